The fourth-order valence-electron chi connectivity index (χ4n) is 3.44. The zero-order chi connectivity index (χ0) is 21.2. The van der Waals surface area contributed by atoms with E-state index in [9.17, 15) is 4.79 Å². The van der Waals surface area contributed by atoms with E-state index in [1.54, 1.807) is 10.9 Å². The molecule has 3 aromatic heterocycles. The van der Waals surface area contributed by atoms with Crippen LogP contribution in [0.2, 0.25) is 0 Å². The number of hydrogen-bond donors (Lipinski definition) is 1. The van der Waals surface area contributed by atoms with Gasteiger partial charge in [-0.3, -0.25) is 9.20 Å². The van der Waals surface area contributed by atoms with Crippen LogP contribution >= 0.6 is 0 Å². The summed E-state index contributed by atoms with van der Waals surface area (Å²) in [4.78, 5) is 13.2. The van der Waals surface area contributed by atoms with Gasteiger partial charge in [0.25, 0.3) is 5.91 Å². The summed E-state index contributed by atoms with van der Waals surface area (Å²) >= 11 is 0. The lowest BCUT2D eigenvalue weighted by molar-refractivity contribution is 0.0950. The maximum atomic E-state index is 13.2. The topological polar surface area (TPSA) is 77.1 Å². The molecule has 0 saturated heterocycles. The van der Waals surface area contributed by atoms with Gasteiger partial charge in [-0.05, 0) is 31.2 Å². The number of nitrogens with zero attached hydrogens (tertiary/aromatic N) is 5. The van der Waals surface area contributed by atoms with E-state index in [0.717, 1.165) is 22.5 Å². The van der Waals surface area contributed by atoms with Crippen molar-refractivity contribution in [2.75, 3.05) is 0 Å². The first kappa shape index (κ1) is 18.7. The van der Waals surface area contributed by atoms with Crippen molar-refractivity contribution in [3.63, 3.8) is 0 Å². The molecule has 7 heteroatoms. The molecule has 0 aliphatic carbocycles. The molecule has 0 unspecified atom stereocenters. The summed E-state index contributed by atoms with van der Waals surface area (Å²) < 4.78 is 3.59. The monoisotopic (exact) mass is 408 g/mol. The Morgan fingerprint density at radius 3 is 2.52 bits per heavy atom. The first-order valence-electron chi connectivity index (χ1n) is 9.98. The Morgan fingerprint density at radius 2 is 1.71 bits per heavy atom. The van der Waals surface area contributed by atoms with Crippen molar-refractivity contribution in [2.24, 2.45) is 0 Å². The SMILES string of the molecule is Cc1ccc(-c2nn(-c3ccccc3)cc2C(=O)NCc2nnc3ccccn23)cc1. The van der Waals surface area contributed by atoms with E-state index in [4.69, 9.17) is 5.10 Å². The van der Waals surface area contributed by atoms with Crippen molar-refractivity contribution in [3.05, 3.63) is 102 Å². The summed E-state index contributed by atoms with van der Waals surface area (Å²) in [7, 11) is 0. The Labute approximate surface area is 179 Å². The van der Waals surface area contributed by atoms with Crippen molar-refractivity contribution in [1.29, 1.82) is 0 Å². The highest BCUT2D eigenvalue weighted by Crippen LogP contribution is 2.24. The van der Waals surface area contributed by atoms with Gasteiger partial charge in [0, 0.05) is 18.0 Å². The first-order chi connectivity index (χ1) is 15.2. The van der Waals surface area contributed by atoms with Crippen LogP contribution in [0.25, 0.3) is 22.6 Å². The fourth-order valence-corrected chi connectivity index (χ4v) is 3.44. The molecule has 0 fully saturated rings. The number of benzene rings is 2. The maximum absolute atomic E-state index is 13.2. The number of amides is 1. The standard InChI is InChI=1S/C24H20N6O/c1-17-10-12-18(13-11-17)23-20(16-30(28-23)19-7-3-2-4-8-19)24(31)25-15-22-27-26-21-9-5-6-14-29(21)22/h2-14,16H,15H2,1H3,(H,25,31). The van der Waals surface area contributed by atoms with E-state index in [-0.39, 0.29) is 12.5 Å². The molecule has 0 radical (unpaired) electrons. The second kappa shape index (κ2) is 7.87. The molecular weight excluding hydrogens is 388 g/mol. The van der Waals surface area contributed by atoms with Gasteiger partial charge in [0.15, 0.2) is 11.5 Å². The Kier molecular flexibility index (Phi) is 4.76. The highest BCUT2D eigenvalue weighted by molar-refractivity contribution is 5.99. The Balaban J connectivity index is 1.48. The quantitative estimate of drug-likeness (QED) is 0.480. The molecule has 0 saturated carbocycles. The van der Waals surface area contributed by atoms with Gasteiger partial charge in [-0.25, -0.2) is 4.68 Å². The van der Waals surface area contributed by atoms with E-state index in [0.29, 0.717) is 17.1 Å². The lowest BCUT2D eigenvalue weighted by Crippen LogP contribution is -2.24. The number of para-hydroxylation sites is 1. The van der Waals surface area contributed by atoms with Crippen LogP contribution in [0.15, 0.2) is 85.2 Å². The maximum Gasteiger partial charge on any atom is 0.255 e. The Morgan fingerprint density at radius 1 is 0.935 bits per heavy atom. The summed E-state index contributed by atoms with van der Waals surface area (Å²) in [6.07, 6.45) is 3.64. The van der Waals surface area contributed by atoms with E-state index in [2.05, 4.69) is 15.5 Å². The van der Waals surface area contributed by atoms with Crippen LogP contribution in [-0.4, -0.2) is 30.3 Å². The summed E-state index contributed by atoms with van der Waals surface area (Å²) in [5.41, 5.74) is 4.80. The van der Waals surface area contributed by atoms with E-state index >= 15 is 0 Å². The van der Waals surface area contributed by atoms with Gasteiger partial charge in [0.1, 0.15) is 5.69 Å². The molecule has 0 bridgehead atoms. The number of pyridine rings is 1. The highest BCUT2D eigenvalue weighted by atomic mass is 16.1. The van der Waals surface area contributed by atoms with Crippen LogP contribution in [0.1, 0.15) is 21.7 Å². The molecule has 2 aromatic carbocycles. The third kappa shape index (κ3) is 3.69. The second-order valence-electron chi connectivity index (χ2n) is 7.27. The molecule has 152 valence electrons. The number of aromatic nitrogens is 5. The van der Waals surface area contributed by atoms with Crippen molar-refractivity contribution in [3.8, 4) is 16.9 Å². The van der Waals surface area contributed by atoms with Crippen LogP contribution in [0.4, 0.5) is 0 Å². The average molecular weight is 408 g/mol. The van der Waals surface area contributed by atoms with Crippen LogP contribution in [0.3, 0.4) is 0 Å². The van der Waals surface area contributed by atoms with Gasteiger partial charge in [-0.1, -0.05) is 54.1 Å². The van der Waals surface area contributed by atoms with Gasteiger partial charge in [0.2, 0.25) is 0 Å². The zero-order valence-electron chi connectivity index (χ0n) is 16.9. The normalized spacial score (nSPS) is 11.0. The van der Waals surface area contributed by atoms with E-state index in [1.807, 2.05) is 90.3 Å². The smallest absolute Gasteiger partial charge is 0.255 e. The van der Waals surface area contributed by atoms with E-state index in [1.165, 1.54) is 0 Å². The summed E-state index contributed by atoms with van der Waals surface area (Å²) in [6, 6.07) is 23.4. The summed E-state index contributed by atoms with van der Waals surface area (Å²) in [6.45, 7) is 2.29. The van der Waals surface area contributed by atoms with Gasteiger partial charge < -0.3 is 5.32 Å². The van der Waals surface area contributed by atoms with Crippen LogP contribution < -0.4 is 5.32 Å². The zero-order valence-corrected chi connectivity index (χ0v) is 16.9. The lowest BCUT2D eigenvalue weighted by atomic mass is 10.1. The van der Waals surface area contributed by atoms with Crippen LogP contribution in [0, 0.1) is 6.92 Å². The molecule has 0 spiro atoms. The van der Waals surface area contributed by atoms with E-state index < -0.39 is 0 Å². The first-order valence-corrected chi connectivity index (χ1v) is 9.98. The fraction of sp³-hybridized carbons (Fsp3) is 0.0833. The molecule has 1 N–H and O–H groups in total. The van der Waals surface area contributed by atoms with Crippen molar-refractivity contribution in [2.45, 2.75) is 13.5 Å². The average Bonchev–Trinajstić information content (AvgIpc) is 3.44. The van der Waals surface area contributed by atoms with Crippen LogP contribution in [0.5, 0.6) is 0 Å². The van der Waals surface area contributed by atoms with Gasteiger partial charge in [0.05, 0.1) is 17.8 Å². The number of hydrogen-bond acceptors (Lipinski definition) is 4. The van der Waals surface area contributed by atoms with Crippen LogP contribution in [-0.2, 0) is 6.54 Å². The number of aryl methyl sites for hydroxylation is 1. The third-order valence-corrected chi connectivity index (χ3v) is 5.10. The van der Waals surface area contributed by atoms with Gasteiger partial charge in [-0.2, -0.15) is 5.10 Å². The predicted molar refractivity (Wildman–Crippen MR) is 118 cm³/mol. The molecule has 31 heavy (non-hydrogen) atoms. The Bertz CT molecular complexity index is 1350. The number of fused-ring (bicyclic) bond motifs is 1. The van der Waals surface area contributed by atoms with Crippen molar-refractivity contribution < 1.29 is 4.79 Å². The molecule has 0 aliphatic heterocycles. The highest BCUT2D eigenvalue weighted by Gasteiger charge is 2.19. The second-order valence-corrected chi connectivity index (χ2v) is 7.27. The lowest BCUT2D eigenvalue weighted by Gasteiger charge is -2.05. The predicted octanol–water partition coefficient (Wildman–Crippen LogP) is 3.82. The minimum Gasteiger partial charge on any atom is -0.345 e. The molecular formula is C24H20N6O. The molecule has 5 rings (SSSR count). The largest absolute Gasteiger partial charge is 0.345 e. The number of rotatable bonds is 5. The third-order valence-electron chi connectivity index (χ3n) is 5.10. The molecule has 1 amide bonds. The molecule has 5 aromatic rings. The molecule has 0 atom stereocenters. The Hall–Kier alpha value is -4.26. The molecule has 7 nitrogen and oxygen atoms in total. The van der Waals surface area contributed by atoms with Gasteiger partial charge >= 0.3 is 0 Å². The van der Waals surface area contributed by atoms with Gasteiger partial charge in [-0.15, -0.1) is 10.2 Å². The number of carbonyl (C=O) groups is 1. The molecule has 3 heterocycles. The summed E-state index contributed by atoms with van der Waals surface area (Å²) in [5.74, 6) is 0.446. The number of nitrogens with one attached hydrogen (secondary N) is 1. The minimum atomic E-state index is -0.217. The minimum absolute atomic E-state index is 0.217. The van der Waals surface area contributed by atoms with Crippen molar-refractivity contribution >= 4 is 11.6 Å². The number of carbonyl (C=O) groups excluding carboxylic acids is 1. The molecule has 0 aliphatic rings. The van der Waals surface area contributed by atoms with Crippen molar-refractivity contribution in [1.82, 2.24) is 29.7 Å². The summed E-state index contributed by atoms with van der Waals surface area (Å²) in [5, 5.41) is 16.0.